The van der Waals surface area contributed by atoms with E-state index in [4.69, 9.17) is 6.57 Å². The summed E-state index contributed by atoms with van der Waals surface area (Å²) in [7, 11) is 0. The molecule has 0 aliphatic heterocycles. The highest BCUT2D eigenvalue weighted by Crippen LogP contribution is 2.74. The molecule has 0 bridgehead atoms. The third-order valence-corrected chi connectivity index (χ3v) is 12.3. The number of nitrogens with zero attached hydrogens (tertiary/aromatic N) is 1. The van der Waals surface area contributed by atoms with Crippen LogP contribution in [0.15, 0.2) is 23.4 Å². The van der Waals surface area contributed by atoms with E-state index in [1.807, 2.05) is 26.0 Å². The maximum Gasteiger partial charge on any atom is 0.226 e. The third-order valence-electron chi connectivity index (χ3n) is 12.3. The van der Waals surface area contributed by atoms with Gasteiger partial charge in [-0.25, -0.2) is 4.85 Å². The number of fused-ring (bicyclic) bond motifs is 7. The van der Waals surface area contributed by atoms with Gasteiger partial charge in [-0.1, -0.05) is 67.0 Å². The van der Waals surface area contributed by atoms with Crippen LogP contribution in [0.4, 0.5) is 0 Å². The summed E-state index contributed by atoms with van der Waals surface area (Å²) in [5, 5.41) is 0. The maximum atomic E-state index is 14.2. The Balaban J connectivity index is 1.69. The van der Waals surface area contributed by atoms with Crippen LogP contribution in [0.3, 0.4) is 0 Å². The molecule has 184 valence electrons. The van der Waals surface area contributed by atoms with Gasteiger partial charge in [0.25, 0.3) is 0 Å². The van der Waals surface area contributed by atoms with Gasteiger partial charge in [0, 0.05) is 16.7 Å². The van der Waals surface area contributed by atoms with Crippen molar-refractivity contribution in [2.75, 3.05) is 0 Å². The van der Waals surface area contributed by atoms with Gasteiger partial charge < -0.3 is 4.79 Å². The van der Waals surface area contributed by atoms with Gasteiger partial charge in [-0.15, -0.1) is 0 Å². The second-order valence-corrected chi connectivity index (χ2v) is 14.9. The Labute approximate surface area is 206 Å². The topological polar surface area (TPSA) is 38.5 Å². The molecule has 5 aliphatic carbocycles. The SMILES string of the molecule is [C-]#[N+]C1=C[C@]2(C)C3=CC(=O)[C@@H]4[C@@H]5CC(C)(C)CC[C@]5(C)CC[C@@]4(C)[C@]3(C)CC[C@H]2C(C)(C)C1=O. The zero-order chi connectivity index (χ0) is 25.1. The summed E-state index contributed by atoms with van der Waals surface area (Å²) in [4.78, 5) is 31.0. The molecule has 7 atom stereocenters. The van der Waals surface area contributed by atoms with Gasteiger partial charge in [0.1, 0.15) is 0 Å². The molecule has 0 aromatic carbocycles. The molecule has 5 aliphatic rings. The Morgan fingerprint density at radius 3 is 2.21 bits per heavy atom. The zero-order valence-electron chi connectivity index (χ0n) is 22.6. The van der Waals surface area contributed by atoms with Crippen molar-refractivity contribution in [1.82, 2.24) is 0 Å². The van der Waals surface area contributed by atoms with Gasteiger partial charge in [0.15, 0.2) is 11.6 Å². The predicted molar refractivity (Wildman–Crippen MR) is 136 cm³/mol. The average Bonchev–Trinajstić information content (AvgIpc) is 2.74. The fraction of sp³-hybridized carbons (Fsp3) is 0.774. The summed E-state index contributed by atoms with van der Waals surface area (Å²) in [5.41, 5.74) is 0.814. The Hall–Kier alpha value is -1.69. The predicted octanol–water partition coefficient (Wildman–Crippen LogP) is 7.58. The van der Waals surface area contributed by atoms with Gasteiger partial charge in [-0.3, -0.25) is 4.79 Å². The van der Waals surface area contributed by atoms with E-state index < -0.39 is 10.8 Å². The van der Waals surface area contributed by atoms with E-state index in [1.165, 1.54) is 24.8 Å². The molecule has 0 amide bonds. The lowest BCUT2D eigenvalue weighted by molar-refractivity contribution is -0.168. The van der Waals surface area contributed by atoms with Crippen molar-refractivity contribution < 1.29 is 9.59 Å². The first kappa shape index (κ1) is 24.0. The molecule has 0 aromatic rings. The van der Waals surface area contributed by atoms with Crippen molar-refractivity contribution in [3.63, 3.8) is 0 Å². The first-order valence-corrected chi connectivity index (χ1v) is 13.5. The molecule has 0 heterocycles. The van der Waals surface area contributed by atoms with Crippen LogP contribution in [0, 0.1) is 56.8 Å². The fourth-order valence-corrected chi connectivity index (χ4v) is 9.86. The van der Waals surface area contributed by atoms with Crippen LogP contribution in [0.25, 0.3) is 4.85 Å². The molecule has 0 aromatic heterocycles. The number of allylic oxidation sites excluding steroid dienone is 4. The largest absolute Gasteiger partial charge is 0.307 e. The van der Waals surface area contributed by atoms with E-state index >= 15 is 0 Å². The molecular weight excluding hydrogens is 418 g/mol. The quantitative estimate of drug-likeness (QED) is 0.349. The Bertz CT molecular complexity index is 1090. The maximum absolute atomic E-state index is 14.2. The van der Waals surface area contributed by atoms with Gasteiger partial charge in [-0.2, -0.15) is 0 Å². The molecule has 3 heteroatoms. The van der Waals surface area contributed by atoms with Crippen LogP contribution in [-0.4, -0.2) is 11.6 Å². The van der Waals surface area contributed by atoms with Crippen molar-refractivity contribution in [3.05, 3.63) is 34.8 Å². The summed E-state index contributed by atoms with van der Waals surface area (Å²) in [6.45, 7) is 26.0. The molecule has 0 saturated heterocycles. The average molecular weight is 462 g/mol. The molecule has 3 nitrogen and oxygen atoms in total. The lowest BCUT2D eigenvalue weighted by Gasteiger charge is -2.69. The molecule has 34 heavy (non-hydrogen) atoms. The van der Waals surface area contributed by atoms with Gasteiger partial charge in [0.05, 0.1) is 6.57 Å². The van der Waals surface area contributed by atoms with E-state index in [-0.39, 0.29) is 45.0 Å². The lowest BCUT2D eigenvalue weighted by atomic mass is 9.34. The van der Waals surface area contributed by atoms with Crippen LogP contribution >= 0.6 is 0 Å². The normalized spacial score (nSPS) is 48.9. The fourth-order valence-electron chi connectivity index (χ4n) is 9.86. The Morgan fingerprint density at radius 1 is 0.912 bits per heavy atom. The molecule has 3 saturated carbocycles. The standard InChI is InChI=1S/C31H43NO2/c1-26(2)12-13-28(5)14-15-31(8)24(19(28)17-26)21(33)16-23-29(6)18-20(32-9)25(34)27(3,4)22(29)10-11-30(23,31)7/h16,18-19,22,24H,10-15,17H2,1-8H3/t19-,22-,24-,28+,29-,30+,31+/m0/s1. The van der Waals surface area contributed by atoms with Crippen LogP contribution in [-0.2, 0) is 9.59 Å². The lowest BCUT2D eigenvalue weighted by Crippen LogP contribution is -2.64. The third kappa shape index (κ3) is 2.75. The van der Waals surface area contributed by atoms with Gasteiger partial charge >= 0.3 is 0 Å². The summed E-state index contributed by atoms with van der Waals surface area (Å²) in [6.07, 6.45) is 11.9. The van der Waals surface area contributed by atoms with E-state index in [2.05, 4.69) is 46.4 Å². The number of rotatable bonds is 0. The van der Waals surface area contributed by atoms with Gasteiger partial charge in [0.2, 0.25) is 5.70 Å². The Morgan fingerprint density at radius 2 is 1.56 bits per heavy atom. The summed E-state index contributed by atoms with van der Waals surface area (Å²) in [6, 6.07) is 0. The van der Waals surface area contributed by atoms with E-state index in [9.17, 15) is 9.59 Å². The summed E-state index contributed by atoms with van der Waals surface area (Å²) >= 11 is 0. The van der Waals surface area contributed by atoms with Crippen molar-refractivity contribution in [1.29, 1.82) is 0 Å². The minimum Gasteiger partial charge on any atom is -0.307 e. The van der Waals surface area contributed by atoms with Crippen molar-refractivity contribution in [2.45, 2.75) is 100 Å². The number of hydrogen-bond acceptors (Lipinski definition) is 2. The van der Waals surface area contributed by atoms with E-state index in [0.29, 0.717) is 11.7 Å². The number of carbonyl (C=O) groups excluding carboxylic acids is 2. The van der Waals surface area contributed by atoms with Crippen molar-refractivity contribution in [2.24, 2.45) is 50.2 Å². The second kappa shape index (κ2) is 6.74. The molecule has 3 fully saturated rings. The molecule has 0 N–H and O–H groups in total. The second-order valence-electron chi connectivity index (χ2n) is 14.9. The van der Waals surface area contributed by atoms with Crippen LogP contribution in [0.1, 0.15) is 100 Å². The summed E-state index contributed by atoms with van der Waals surface area (Å²) in [5.74, 6) is 0.910. The molecule has 5 rings (SSSR count). The highest BCUT2D eigenvalue weighted by molar-refractivity contribution is 6.03. The van der Waals surface area contributed by atoms with Crippen LogP contribution in [0.2, 0.25) is 0 Å². The number of hydrogen-bond donors (Lipinski definition) is 0. The molecular formula is C31H43NO2. The van der Waals surface area contributed by atoms with E-state index in [1.54, 1.807) is 0 Å². The molecule has 0 radical (unpaired) electrons. The minimum absolute atomic E-state index is 0.0294. The van der Waals surface area contributed by atoms with E-state index in [0.717, 1.165) is 25.7 Å². The van der Waals surface area contributed by atoms with Crippen molar-refractivity contribution in [3.8, 4) is 0 Å². The molecule has 0 unspecified atom stereocenters. The first-order chi connectivity index (χ1) is 15.6. The highest BCUT2D eigenvalue weighted by atomic mass is 16.1. The minimum atomic E-state index is -0.592. The number of ketones is 2. The number of carbonyl (C=O) groups is 2. The smallest absolute Gasteiger partial charge is 0.226 e. The number of Topliss-reactive ketones (excluding diaryl/α,β-unsaturated/α-hetero) is 1. The van der Waals surface area contributed by atoms with Crippen LogP contribution in [0.5, 0.6) is 0 Å². The van der Waals surface area contributed by atoms with Gasteiger partial charge in [-0.05, 0) is 84.5 Å². The molecule has 0 spiro atoms. The highest BCUT2D eigenvalue weighted by Gasteiger charge is 2.69. The summed E-state index contributed by atoms with van der Waals surface area (Å²) < 4.78 is 0. The van der Waals surface area contributed by atoms with Crippen molar-refractivity contribution >= 4 is 11.6 Å². The van der Waals surface area contributed by atoms with Crippen LogP contribution < -0.4 is 0 Å². The monoisotopic (exact) mass is 461 g/mol. The first-order valence-electron chi connectivity index (χ1n) is 13.5. The zero-order valence-corrected chi connectivity index (χ0v) is 22.6. The Kier molecular flexibility index (Phi) is 4.77.